The van der Waals surface area contributed by atoms with Gasteiger partial charge in [-0.3, -0.25) is 0 Å². The summed E-state index contributed by atoms with van der Waals surface area (Å²) in [6.07, 6.45) is 0. The van der Waals surface area contributed by atoms with Crippen LogP contribution >= 0.6 is 0 Å². The number of rotatable bonds is 2. The maximum Gasteiger partial charge on any atom is 0.173 e. The fourth-order valence-electron chi connectivity index (χ4n) is 1.29. The zero-order chi connectivity index (χ0) is 5.82. The lowest BCUT2D eigenvalue weighted by molar-refractivity contribution is 0.346. The third-order valence-corrected chi connectivity index (χ3v) is 9.50. The molecule has 1 heterocycles. The van der Waals surface area contributed by atoms with Crippen LogP contribution in [0.2, 0.25) is 17.8 Å². The second kappa shape index (κ2) is 3.43. The summed E-state index contributed by atoms with van der Waals surface area (Å²) in [5, 5.41) is 0. The van der Waals surface area contributed by atoms with Crippen LogP contribution in [0.3, 0.4) is 0 Å². The molecule has 0 saturated carbocycles. The Balaban J connectivity index is 2.06. The summed E-state index contributed by atoms with van der Waals surface area (Å²) in [7, 11) is -0.107. The van der Waals surface area contributed by atoms with Crippen LogP contribution in [0.25, 0.3) is 0 Å². The van der Waals surface area contributed by atoms with Gasteiger partial charge in [-0.2, -0.15) is 0 Å². The van der Waals surface area contributed by atoms with E-state index in [1.807, 2.05) is 0 Å². The summed E-state index contributed by atoms with van der Waals surface area (Å²) in [5.74, 6) is 0. The molecule has 1 aliphatic rings. The van der Waals surface area contributed by atoms with Crippen molar-refractivity contribution in [1.29, 1.82) is 0 Å². The minimum absolute atomic E-state index is 0.412. The molecule has 0 N–H and O–H groups in total. The van der Waals surface area contributed by atoms with Crippen molar-refractivity contribution < 1.29 is 4.43 Å². The quantitative estimate of drug-likeness (QED) is 0.509. The first-order valence-electron chi connectivity index (χ1n) is 3.55. The van der Waals surface area contributed by atoms with Gasteiger partial charge in [0.1, 0.15) is 0 Å². The lowest BCUT2D eigenvalue weighted by atomic mass is 10.9. The van der Waals surface area contributed by atoms with Gasteiger partial charge in [-0.05, 0) is 18.6 Å². The molecular formula is C5H14OSi2. The average molecular weight is 146 g/mol. The Hall–Kier alpha value is 0.394. The van der Waals surface area contributed by atoms with Crippen LogP contribution in [-0.2, 0) is 4.43 Å². The van der Waals surface area contributed by atoms with Crippen LogP contribution in [0.15, 0.2) is 0 Å². The summed E-state index contributed by atoms with van der Waals surface area (Å²) in [6.45, 7) is 3.10. The highest BCUT2D eigenvalue weighted by atomic mass is 28.3. The minimum Gasteiger partial charge on any atom is -0.421 e. The van der Waals surface area contributed by atoms with Crippen molar-refractivity contribution in [3.8, 4) is 0 Å². The van der Waals surface area contributed by atoms with Crippen molar-refractivity contribution in [1.82, 2.24) is 0 Å². The van der Waals surface area contributed by atoms with Gasteiger partial charge in [-0.15, -0.1) is 0 Å². The molecule has 1 nitrogen and oxygen atoms in total. The van der Waals surface area contributed by atoms with Crippen molar-refractivity contribution in [2.75, 3.05) is 6.61 Å². The van der Waals surface area contributed by atoms with E-state index < -0.39 is 9.04 Å². The van der Waals surface area contributed by atoms with E-state index in [1.165, 1.54) is 6.04 Å². The van der Waals surface area contributed by atoms with Gasteiger partial charge in [0.25, 0.3) is 0 Å². The number of hydrogen-bond donors (Lipinski definition) is 0. The van der Waals surface area contributed by atoms with E-state index in [2.05, 4.69) is 6.92 Å². The fourth-order valence-corrected chi connectivity index (χ4v) is 9.70. The highest BCUT2D eigenvalue weighted by molar-refractivity contribution is 6.70. The summed E-state index contributed by atoms with van der Waals surface area (Å²) < 4.78 is 5.58. The maximum atomic E-state index is 5.58. The van der Waals surface area contributed by atoms with E-state index in [-0.39, 0.29) is 0 Å². The first-order chi connectivity index (χ1) is 3.93. The Morgan fingerprint density at radius 2 is 2.62 bits per heavy atom. The normalized spacial score (nSPS) is 31.9. The third-order valence-electron chi connectivity index (χ3n) is 1.70. The zero-order valence-corrected chi connectivity index (χ0v) is 8.09. The molecule has 1 unspecified atom stereocenters. The topological polar surface area (TPSA) is 9.23 Å². The average Bonchev–Trinajstić information content (AvgIpc) is 2.19. The molecule has 1 aliphatic heterocycles. The Morgan fingerprint density at radius 3 is 3.12 bits per heavy atom. The summed E-state index contributed by atoms with van der Waals surface area (Å²) in [4.78, 5) is 0. The summed E-state index contributed by atoms with van der Waals surface area (Å²) >= 11 is 0. The zero-order valence-electron chi connectivity index (χ0n) is 5.52. The molecule has 0 aromatic carbocycles. The van der Waals surface area contributed by atoms with Crippen LogP contribution in [0.4, 0.5) is 0 Å². The van der Waals surface area contributed by atoms with Crippen molar-refractivity contribution in [2.24, 2.45) is 0 Å². The van der Waals surface area contributed by atoms with E-state index in [0.29, 0.717) is 9.52 Å². The van der Waals surface area contributed by atoms with E-state index in [9.17, 15) is 0 Å². The van der Waals surface area contributed by atoms with E-state index in [0.717, 1.165) is 6.61 Å². The highest BCUT2D eigenvalue weighted by Crippen LogP contribution is 2.13. The Morgan fingerprint density at radius 1 is 1.75 bits per heavy atom. The molecule has 1 atom stereocenters. The van der Waals surface area contributed by atoms with Crippen LogP contribution in [0.5, 0.6) is 0 Å². The van der Waals surface area contributed by atoms with Crippen LogP contribution in [0.1, 0.15) is 6.92 Å². The van der Waals surface area contributed by atoms with Gasteiger partial charge in [0.15, 0.2) is 9.04 Å². The van der Waals surface area contributed by atoms with Crippen LogP contribution in [0, 0.1) is 0 Å². The SMILES string of the molecule is CCO[SiH]1CC[SiH2]C1. The van der Waals surface area contributed by atoms with Gasteiger partial charge in [0.2, 0.25) is 0 Å². The standard InChI is InChI=1S/C5H14OSi2/c1-2-6-8-4-3-7-5-8/h8H,2-5,7H2,1H3. The molecule has 0 aliphatic carbocycles. The Kier molecular flexibility index (Phi) is 2.79. The predicted octanol–water partition coefficient (Wildman–Crippen LogP) is 0.305. The first-order valence-corrected chi connectivity index (χ1v) is 7.65. The molecule has 0 aromatic rings. The van der Waals surface area contributed by atoms with Gasteiger partial charge in [0.05, 0.1) is 0 Å². The summed E-state index contributed by atoms with van der Waals surface area (Å²) in [5.41, 5.74) is 1.58. The molecule has 0 aromatic heterocycles. The van der Waals surface area contributed by atoms with Crippen LogP contribution in [-0.4, -0.2) is 25.2 Å². The Labute approximate surface area is 55.0 Å². The highest BCUT2D eigenvalue weighted by Gasteiger charge is 2.16. The molecule has 0 bridgehead atoms. The first kappa shape index (κ1) is 6.51. The molecule has 0 amide bonds. The molecule has 8 heavy (non-hydrogen) atoms. The second-order valence-electron chi connectivity index (χ2n) is 2.36. The molecular weight excluding hydrogens is 132 g/mol. The van der Waals surface area contributed by atoms with Gasteiger partial charge in [-0.1, -0.05) is 6.04 Å². The molecule has 1 rings (SSSR count). The maximum absolute atomic E-state index is 5.58. The fraction of sp³-hybridized carbons (Fsp3) is 1.00. The lowest BCUT2D eigenvalue weighted by Crippen LogP contribution is -2.12. The van der Waals surface area contributed by atoms with Gasteiger partial charge in [0, 0.05) is 16.1 Å². The van der Waals surface area contributed by atoms with Crippen molar-refractivity contribution >= 4 is 18.6 Å². The molecule has 48 valence electrons. The van der Waals surface area contributed by atoms with E-state index in [4.69, 9.17) is 4.43 Å². The third kappa shape index (κ3) is 1.72. The van der Waals surface area contributed by atoms with Gasteiger partial charge in [-0.25, -0.2) is 0 Å². The predicted molar refractivity (Wildman–Crippen MR) is 41.7 cm³/mol. The van der Waals surface area contributed by atoms with Gasteiger partial charge < -0.3 is 4.43 Å². The molecule has 1 saturated heterocycles. The van der Waals surface area contributed by atoms with Crippen molar-refractivity contribution in [3.63, 3.8) is 0 Å². The minimum atomic E-state index is -0.519. The second-order valence-corrected chi connectivity index (χ2v) is 8.24. The molecule has 0 radical (unpaired) electrons. The monoisotopic (exact) mass is 146 g/mol. The van der Waals surface area contributed by atoms with Crippen molar-refractivity contribution in [2.45, 2.75) is 24.7 Å². The van der Waals surface area contributed by atoms with Gasteiger partial charge >= 0.3 is 0 Å². The summed E-state index contributed by atoms with van der Waals surface area (Å²) in [6, 6.07) is 3.08. The Bertz CT molecular complexity index is 61.4. The largest absolute Gasteiger partial charge is 0.421 e. The van der Waals surface area contributed by atoms with E-state index in [1.54, 1.807) is 11.7 Å². The smallest absolute Gasteiger partial charge is 0.173 e. The molecule has 3 heteroatoms. The van der Waals surface area contributed by atoms with Crippen LogP contribution < -0.4 is 0 Å². The lowest BCUT2D eigenvalue weighted by Gasteiger charge is -2.04. The van der Waals surface area contributed by atoms with Crippen molar-refractivity contribution in [3.05, 3.63) is 0 Å². The van der Waals surface area contributed by atoms with E-state index >= 15 is 0 Å². The molecule has 0 spiro atoms. The number of hydrogen-bond acceptors (Lipinski definition) is 1. The molecule has 1 fully saturated rings.